The van der Waals surface area contributed by atoms with E-state index in [-0.39, 0.29) is 5.91 Å². The summed E-state index contributed by atoms with van der Waals surface area (Å²) < 4.78 is 0. The molecule has 2 aromatic rings. The number of amides is 1. The third kappa shape index (κ3) is 3.42. The monoisotopic (exact) mass is 301 g/mol. The lowest BCUT2D eigenvalue weighted by Gasteiger charge is -2.21. The van der Waals surface area contributed by atoms with E-state index in [1.807, 2.05) is 30.0 Å². The minimum atomic E-state index is 0.0330. The van der Waals surface area contributed by atoms with Crippen molar-refractivity contribution < 1.29 is 4.79 Å². The van der Waals surface area contributed by atoms with E-state index in [1.165, 1.54) is 4.88 Å². The number of nitrogens with one attached hydrogen (secondary N) is 1. The number of hydrogen-bond donors (Lipinski definition) is 1. The topological polar surface area (TPSA) is 45.2 Å². The standard InChI is InChI=1S/C16H19N3OS/c1-2-17-12-7-8-18-15(10-12)16(20)19(13-5-6-13)11-14-4-3-9-21-14/h3-4,7-10,13H,2,5-6,11H2,1H3,(H,17,18). The molecule has 2 heterocycles. The van der Waals surface area contributed by atoms with Crippen LogP contribution in [0.2, 0.25) is 0 Å². The minimum absolute atomic E-state index is 0.0330. The minimum Gasteiger partial charge on any atom is -0.385 e. The first kappa shape index (κ1) is 14.1. The highest BCUT2D eigenvalue weighted by atomic mass is 32.1. The van der Waals surface area contributed by atoms with Crippen molar-refractivity contribution in [3.05, 3.63) is 46.4 Å². The molecule has 1 fully saturated rings. The van der Waals surface area contributed by atoms with Gasteiger partial charge in [0, 0.05) is 29.3 Å². The zero-order valence-corrected chi connectivity index (χ0v) is 12.9. The number of rotatable bonds is 6. The molecule has 2 aromatic heterocycles. The number of anilines is 1. The highest BCUT2D eigenvalue weighted by molar-refractivity contribution is 7.09. The van der Waals surface area contributed by atoms with E-state index in [9.17, 15) is 4.79 Å². The Bertz CT molecular complexity index is 608. The number of pyridine rings is 1. The van der Waals surface area contributed by atoms with Crippen LogP contribution in [0.1, 0.15) is 35.1 Å². The molecule has 0 unspecified atom stereocenters. The molecule has 0 spiro atoms. The Morgan fingerprint density at radius 3 is 3.00 bits per heavy atom. The van der Waals surface area contributed by atoms with Crippen LogP contribution in [0.3, 0.4) is 0 Å². The summed E-state index contributed by atoms with van der Waals surface area (Å²) in [6.45, 7) is 3.56. The van der Waals surface area contributed by atoms with E-state index in [1.54, 1.807) is 17.5 Å². The normalized spacial score (nSPS) is 14.0. The molecule has 1 aliphatic carbocycles. The molecular formula is C16H19N3OS. The lowest BCUT2D eigenvalue weighted by atomic mass is 10.2. The quantitative estimate of drug-likeness (QED) is 0.889. The predicted molar refractivity (Wildman–Crippen MR) is 85.6 cm³/mol. The highest BCUT2D eigenvalue weighted by Crippen LogP contribution is 2.30. The maximum atomic E-state index is 12.7. The van der Waals surface area contributed by atoms with Gasteiger partial charge in [-0.15, -0.1) is 11.3 Å². The smallest absolute Gasteiger partial charge is 0.273 e. The summed E-state index contributed by atoms with van der Waals surface area (Å²) >= 11 is 1.69. The SMILES string of the molecule is CCNc1ccnc(C(=O)N(Cc2cccs2)C2CC2)c1. The van der Waals surface area contributed by atoms with Crippen molar-refractivity contribution in [2.75, 3.05) is 11.9 Å². The fraction of sp³-hybridized carbons (Fsp3) is 0.375. The van der Waals surface area contributed by atoms with Crippen LogP contribution in [0.5, 0.6) is 0 Å². The van der Waals surface area contributed by atoms with Gasteiger partial charge in [0.2, 0.25) is 0 Å². The first-order chi connectivity index (χ1) is 10.3. The first-order valence-corrected chi connectivity index (χ1v) is 8.19. The largest absolute Gasteiger partial charge is 0.385 e. The van der Waals surface area contributed by atoms with Crippen molar-refractivity contribution in [1.29, 1.82) is 0 Å². The molecule has 0 radical (unpaired) electrons. The van der Waals surface area contributed by atoms with E-state index in [2.05, 4.69) is 21.7 Å². The van der Waals surface area contributed by atoms with Crippen molar-refractivity contribution in [3.63, 3.8) is 0 Å². The number of aromatic nitrogens is 1. The van der Waals surface area contributed by atoms with Crippen LogP contribution < -0.4 is 5.32 Å². The van der Waals surface area contributed by atoms with E-state index in [4.69, 9.17) is 0 Å². The Morgan fingerprint density at radius 2 is 2.33 bits per heavy atom. The van der Waals surface area contributed by atoms with Gasteiger partial charge >= 0.3 is 0 Å². The first-order valence-electron chi connectivity index (χ1n) is 7.31. The summed E-state index contributed by atoms with van der Waals surface area (Å²) in [6.07, 6.45) is 3.90. The van der Waals surface area contributed by atoms with Crippen molar-refractivity contribution in [1.82, 2.24) is 9.88 Å². The van der Waals surface area contributed by atoms with Gasteiger partial charge in [-0.3, -0.25) is 9.78 Å². The molecular weight excluding hydrogens is 282 g/mol. The summed E-state index contributed by atoms with van der Waals surface area (Å²) in [7, 11) is 0. The van der Waals surface area contributed by atoms with E-state index < -0.39 is 0 Å². The predicted octanol–water partition coefficient (Wildman–Crippen LogP) is 3.38. The molecule has 1 saturated carbocycles. The summed E-state index contributed by atoms with van der Waals surface area (Å²) in [4.78, 5) is 20.2. The second-order valence-corrected chi connectivity index (χ2v) is 6.24. The molecule has 0 aromatic carbocycles. The highest BCUT2D eigenvalue weighted by Gasteiger charge is 2.33. The molecule has 4 nitrogen and oxygen atoms in total. The molecule has 21 heavy (non-hydrogen) atoms. The van der Waals surface area contributed by atoms with Crippen LogP contribution in [0.25, 0.3) is 0 Å². The van der Waals surface area contributed by atoms with Gasteiger partial charge in [0.1, 0.15) is 5.69 Å². The summed E-state index contributed by atoms with van der Waals surface area (Å²) in [5.74, 6) is 0.0330. The Labute approximate surface area is 128 Å². The second kappa shape index (κ2) is 6.26. The maximum Gasteiger partial charge on any atom is 0.273 e. The third-order valence-electron chi connectivity index (χ3n) is 3.51. The third-order valence-corrected chi connectivity index (χ3v) is 4.38. The van der Waals surface area contributed by atoms with Crippen LogP contribution in [0.4, 0.5) is 5.69 Å². The van der Waals surface area contributed by atoms with Gasteiger partial charge in [-0.2, -0.15) is 0 Å². The van der Waals surface area contributed by atoms with Crippen LogP contribution >= 0.6 is 11.3 Å². The van der Waals surface area contributed by atoms with Gasteiger partial charge in [-0.05, 0) is 43.3 Å². The van der Waals surface area contributed by atoms with Crippen LogP contribution in [-0.2, 0) is 6.54 Å². The Hall–Kier alpha value is -1.88. The number of hydrogen-bond acceptors (Lipinski definition) is 4. The molecule has 1 aliphatic rings. The maximum absolute atomic E-state index is 12.7. The summed E-state index contributed by atoms with van der Waals surface area (Å²) in [5.41, 5.74) is 1.47. The Kier molecular flexibility index (Phi) is 4.20. The molecule has 0 saturated heterocycles. The molecule has 1 amide bonds. The van der Waals surface area contributed by atoms with Crippen LogP contribution in [0, 0.1) is 0 Å². The van der Waals surface area contributed by atoms with Gasteiger partial charge in [0.05, 0.1) is 6.54 Å². The van der Waals surface area contributed by atoms with Gasteiger partial charge in [-0.1, -0.05) is 6.07 Å². The van der Waals surface area contributed by atoms with Crippen LogP contribution in [0.15, 0.2) is 35.8 Å². The van der Waals surface area contributed by atoms with Crippen LogP contribution in [-0.4, -0.2) is 28.4 Å². The molecule has 0 bridgehead atoms. The number of carbonyl (C=O) groups is 1. The zero-order valence-electron chi connectivity index (χ0n) is 12.1. The van der Waals surface area contributed by atoms with Gasteiger partial charge in [-0.25, -0.2) is 0 Å². The number of carbonyl (C=O) groups excluding carboxylic acids is 1. The van der Waals surface area contributed by atoms with Crippen molar-refractivity contribution >= 4 is 22.9 Å². The number of thiophene rings is 1. The van der Waals surface area contributed by atoms with Crippen molar-refractivity contribution in [2.24, 2.45) is 0 Å². The van der Waals surface area contributed by atoms with Gasteiger partial charge < -0.3 is 10.2 Å². The molecule has 110 valence electrons. The van der Waals surface area contributed by atoms with Crippen molar-refractivity contribution in [2.45, 2.75) is 32.4 Å². The molecule has 0 aliphatic heterocycles. The molecule has 3 rings (SSSR count). The summed E-state index contributed by atoms with van der Waals surface area (Å²) in [5, 5.41) is 5.27. The molecule has 1 N–H and O–H groups in total. The van der Waals surface area contributed by atoms with E-state index >= 15 is 0 Å². The fourth-order valence-corrected chi connectivity index (χ4v) is 3.03. The van der Waals surface area contributed by atoms with E-state index in [0.29, 0.717) is 18.3 Å². The van der Waals surface area contributed by atoms with E-state index in [0.717, 1.165) is 25.1 Å². The average molecular weight is 301 g/mol. The lowest BCUT2D eigenvalue weighted by molar-refractivity contribution is 0.0726. The average Bonchev–Trinajstić information content (AvgIpc) is 3.21. The second-order valence-electron chi connectivity index (χ2n) is 5.20. The Balaban J connectivity index is 1.79. The Morgan fingerprint density at radius 1 is 1.48 bits per heavy atom. The zero-order chi connectivity index (χ0) is 14.7. The molecule has 0 atom stereocenters. The van der Waals surface area contributed by atoms with Gasteiger partial charge in [0.25, 0.3) is 5.91 Å². The fourth-order valence-electron chi connectivity index (χ4n) is 2.33. The summed E-state index contributed by atoms with van der Waals surface area (Å²) in [6, 6.07) is 8.22. The van der Waals surface area contributed by atoms with Gasteiger partial charge in [0.15, 0.2) is 0 Å². The van der Waals surface area contributed by atoms with Crippen molar-refractivity contribution in [3.8, 4) is 0 Å². The number of nitrogens with zero attached hydrogens (tertiary/aromatic N) is 2. The molecule has 5 heteroatoms. The lowest BCUT2D eigenvalue weighted by Crippen LogP contribution is -2.32.